The second-order valence-corrected chi connectivity index (χ2v) is 7.19. The Hall–Kier alpha value is -0.210. The molecule has 0 atom stereocenters. The molecule has 0 aliphatic heterocycles. The van der Waals surface area contributed by atoms with Crippen molar-refractivity contribution in [1.29, 1.82) is 0 Å². The number of rotatable bonds is 13. The third-order valence-electron chi connectivity index (χ3n) is 3.89. The molecule has 0 unspecified atom stereocenters. The molecule has 1 aromatic heterocycles. The highest BCUT2D eigenvalue weighted by Crippen LogP contribution is 2.12. The molecule has 0 aromatic carbocycles. The highest BCUT2D eigenvalue weighted by atomic mass is 35.5. The number of hydrogen-bond donors (Lipinski definition) is 0. The summed E-state index contributed by atoms with van der Waals surface area (Å²) in [6, 6.07) is 4.29. The standard InChI is InChI=1S/C19H34NS.ClH/c1-3-4-5-6-7-8-9-10-11-12-16-21-18-20-15-13-14-19(2)17-20;/h13-15,17H,3-12,16,18H2,1-2H3;1H/q+1;/p-1. The van der Waals surface area contributed by atoms with Crippen LogP contribution in [0.5, 0.6) is 0 Å². The number of halogens is 1. The van der Waals surface area contributed by atoms with Crippen LogP contribution < -0.4 is 17.0 Å². The fraction of sp³-hybridized carbons (Fsp3) is 0.737. The van der Waals surface area contributed by atoms with Gasteiger partial charge in [-0.05, 0) is 25.2 Å². The Labute approximate surface area is 148 Å². The maximum Gasteiger partial charge on any atom is 0.194 e. The molecular weight excluding hydrogens is 310 g/mol. The van der Waals surface area contributed by atoms with Crippen LogP contribution in [-0.4, -0.2) is 5.75 Å². The van der Waals surface area contributed by atoms with Crippen molar-refractivity contribution in [3.63, 3.8) is 0 Å². The van der Waals surface area contributed by atoms with Crippen molar-refractivity contribution in [2.24, 2.45) is 0 Å². The third kappa shape index (κ3) is 12.3. The zero-order valence-corrected chi connectivity index (χ0v) is 16.1. The van der Waals surface area contributed by atoms with Crippen LogP contribution in [0, 0.1) is 6.92 Å². The summed E-state index contributed by atoms with van der Waals surface area (Å²) in [7, 11) is 0. The molecule has 128 valence electrons. The van der Waals surface area contributed by atoms with Crippen molar-refractivity contribution < 1.29 is 17.0 Å². The number of aryl methyl sites for hydroxylation is 1. The Morgan fingerprint density at radius 2 is 1.50 bits per heavy atom. The third-order valence-corrected chi connectivity index (χ3v) is 4.95. The maximum atomic E-state index is 2.29. The van der Waals surface area contributed by atoms with Gasteiger partial charge >= 0.3 is 0 Å². The van der Waals surface area contributed by atoms with Gasteiger partial charge in [0, 0.05) is 11.6 Å². The zero-order valence-electron chi connectivity index (χ0n) is 14.5. The molecule has 1 heterocycles. The maximum absolute atomic E-state index is 2.29. The largest absolute Gasteiger partial charge is 1.00 e. The van der Waals surface area contributed by atoms with Crippen LogP contribution in [0.25, 0.3) is 0 Å². The second-order valence-electron chi connectivity index (χ2n) is 6.11. The number of thioether (sulfide) groups is 1. The minimum Gasteiger partial charge on any atom is -1.00 e. The van der Waals surface area contributed by atoms with Crippen molar-refractivity contribution in [2.75, 3.05) is 5.75 Å². The van der Waals surface area contributed by atoms with E-state index in [2.05, 4.69) is 54.7 Å². The van der Waals surface area contributed by atoms with Crippen LogP contribution in [0.1, 0.15) is 76.7 Å². The molecule has 0 saturated carbocycles. The van der Waals surface area contributed by atoms with E-state index in [1.807, 2.05) is 0 Å². The first-order valence-electron chi connectivity index (χ1n) is 8.86. The highest BCUT2D eigenvalue weighted by Gasteiger charge is 2.00. The van der Waals surface area contributed by atoms with Gasteiger partial charge in [0.25, 0.3) is 0 Å². The van der Waals surface area contributed by atoms with E-state index >= 15 is 0 Å². The normalized spacial score (nSPS) is 10.5. The Kier molecular flexibility index (Phi) is 15.5. The van der Waals surface area contributed by atoms with Crippen LogP contribution in [-0.2, 0) is 5.88 Å². The lowest BCUT2D eigenvalue weighted by molar-refractivity contribution is -0.676. The summed E-state index contributed by atoms with van der Waals surface area (Å²) in [6.07, 6.45) is 18.7. The van der Waals surface area contributed by atoms with Crippen molar-refractivity contribution in [3.8, 4) is 0 Å². The highest BCUT2D eigenvalue weighted by molar-refractivity contribution is 7.98. The van der Waals surface area contributed by atoms with Crippen LogP contribution in [0.2, 0.25) is 0 Å². The molecule has 3 heteroatoms. The molecule has 0 fully saturated rings. The Bertz CT molecular complexity index is 357. The van der Waals surface area contributed by atoms with E-state index in [-0.39, 0.29) is 12.4 Å². The van der Waals surface area contributed by atoms with E-state index in [4.69, 9.17) is 0 Å². The van der Waals surface area contributed by atoms with Gasteiger partial charge in [0.05, 0.1) is 0 Å². The van der Waals surface area contributed by atoms with Gasteiger partial charge in [0.2, 0.25) is 0 Å². The summed E-state index contributed by atoms with van der Waals surface area (Å²) < 4.78 is 2.29. The Balaban J connectivity index is 0.00000441. The average molecular weight is 344 g/mol. The van der Waals surface area contributed by atoms with Crippen molar-refractivity contribution >= 4 is 11.8 Å². The minimum absolute atomic E-state index is 0. The van der Waals surface area contributed by atoms with Gasteiger partial charge in [-0.3, -0.25) is 0 Å². The summed E-state index contributed by atoms with van der Waals surface area (Å²) >= 11 is 2.06. The lowest BCUT2D eigenvalue weighted by atomic mass is 10.1. The molecule has 1 aromatic rings. The quantitative estimate of drug-likeness (QED) is 0.393. The molecule has 1 nitrogen and oxygen atoms in total. The minimum atomic E-state index is 0. The fourth-order valence-corrected chi connectivity index (χ4v) is 3.50. The molecule has 0 amide bonds. The molecule has 0 bridgehead atoms. The lowest BCUT2D eigenvalue weighted by Crippen LogP contribution is -3.00. The molecule has 0 aliphatic carbocycles. The summed E-state index contributed by atoms with van der Waals surface area (Å²) in [5.74, 6) is 2.40. The van der Waals surface area contributed by atoms with E-state index < -0.39 is 0 Å². The van der Waals surface area contributed by atoms with Gasteiger partial charge in [0.15, 0.2) is 18.3 Å². The van der Waals surface area contributed by atoms with Gasteiger partial charge in [-0.2, -0.15) is 4.57 Å². The van der Waals surface area contributed by atoms with E-state index in [1.54, 1.807) is 0 Å². The smallest absolute Gasteiger partial charge is 0.194 e. The number of unbranched alkanes of at least 4 members (excludes halogenated alkanes) is 9. The summed E-state index contributed by atoms with van der Waals surface area (Å²) in [5, 5.41) is 0. The van der Waals surface area contributed by atoms with Gasteiger partial charge < -0.3 is 12.4 Å². The molecule has 0 radical (unpaired) electrons. The van der Waals surface area contributed by atoms with Crippen LogP contribution in [0.3, 0.4) is 0 Å². The number of hydrogen-bond acceptors (Lipinski definition) is 1. The topological polar surface area (TPSA) is 3.88 Å². The van der Waals surface area contributed by atoms with Gasteiger partial charge in [0.1, 0.15) is 0 Å². The van der Waals surface area contributed by atoms with Crippen LogP contribution in [0.15, 0.2) is 24.5 Å². The lowest BCUT2D eigenvalue weighted by Gasteiger charge is -2.02. The summed E-state index contributed by atoms with van der Waals surface area (Å²) in [4.78, 5) is 0. The Morgan fingerprint density at radius 3 is 2.09 bits per heavy atom. The average Bonchev–Trinajstić information content (AvgIpc) is 2.48. The van der Waals surface area contributed by atoms with Gasteiger partial charge in [-0.1, -0.05) is 76.5 Å². The van der Waals surface area contributed by atoms with Crippen LogP contribution in [0.4, 0.5) is 0 Å². The first-order valence-corrected chi connectivity index (χ1v) is 10.0. The predicted octanol–water partition coefficient (Wildman–Crippen LogP) is 2.90. The van der Waals surface area contributed by atoms with Crippen molar-refractivity contribution in [3.05, 3.63) is 30.1 Å². The van der Waals surface area contributed by atoms with Crippen molar-refractivity contribution in [1.82, 2.24) is 0 Å². The zero-order chi connectivity index (χ0) is 15.2. The number of aromatic nitrogens is 1. The van der Waals surface area contributed by atoms with Crippen molar-refractivity contribution in [2.45, 2.75) is 83.9 Å². The van der Waals surface area contributed by atoms with E-state index in [0.717, 1.165) is 5.88 Å². The number of pyridine rings is 1. The van der Waals surface area contributed by atoms with Gasteiger partial charge in [-0.15, -0.1) is 0 Å². The molecule has 0 spiro atoms. The first kappa shape index (κ1) is 21.8. The van der Waals surface area contributed by atoms with Gasteiger partial charge in [-0.25, -0.2) is 0 Å². The molecule has 0 saturated heterocycles. The second kappa shape index (κ2) is 15.7. The first-order chi connectivity index (χ1) is 10.3. The molecule has 1 rings (SSSR count). The SMILES string of the molecule is CCCCCCCCCCCCSC[n+]1cccc(C)c1.[Cl-]. The molecular formula is C19H34ClNS. The predicted molar refractivity (Wildman–Crippen MR) is 95.7 cm³/mol. The number of nitrogens with zero attached hydrogens (tertiary/aromatic N) is 1. The van der Waals surface area contributed by atoms with E-state index in [0.29, 0.717) is 0 Å². The molecule has 0 N–H and O–H groups in total. The van der Waals surface area contributed by atoms with Crippen LogP contribution >= 0.6 is 11.8 Å². The Morgan fingerprint density at radius 1 is 0.909 bits per heavy atom. The molecule has 0 aliphatic rings. The fourth-order valence-electron chi connectivity index (χ4n) is 2.59. The van der Waals surface area contributed by atoms with E-state index in [1.165, 1.54) is 75.5 Å². The summed E-state index contributed by atoms with van der Waals surface area (Å²) in [5.41, 5.74) is 1.34. The van der Waals surface area contributed by atoms with E-state index in [9.17, 15) is 0 Å². The monoisotopic (exact) mass is 343 g/mol. The molecule has 22 heavy (non-hydrogen) atoms. The summed E-state index contributed by atoms with van der Waals surface area (Å²) in [6.45, 7) is 4.44.